The van der Waals surface area contributed by atoms with Crippen LogP contribution in [0.4, 0.5) is 14.5 Å². The summed E-state index contributed by atoms with van der Waals surface area (Å²) in [6, 6.07) is 13.1. The van der Waals surface area contributed by atoms with Crippen molar-refractivity contribution in [3.8, 4) is 11.3 Å². The fourth-order valence-corrected chi connectivity index (χ4v) is 2.10. The second kappa shape index (κ2) is 5.75. The molecule has 0 radical (unpaired) electrons. The number of anilines is 1. The van der Waals surface area contributed by atoms with E-state index in [9.17, 15) is 8.78 Å². The Kier molecular flexibility index (Phi) is 3.64. The lowest BCUT2D eigenvalue weighted by Crippen LogP contribution is -2.00. The van der Waals surface area contributed by atoms with Gasteiger partial charge in [-0.05, 0) is 41.5 Å². The van der Waals surface area contributed by atoms with E-state index in [0.29, 0.717) is 12.1 Å². The molecule has 0 unspecified atom stereocenters. The first-order valence-electron chi connectivity index (χ1n) is 6.49. The van der Waals surface area contributed by atoms with Crippen molar-refractivity contribution in [3.05, 3.63) is 71.9 Å². The maximum absolute atomic E-state index is 13.1. The minimum Gasteiger partial charge on any atom is -0.381 e. The lowest BCUT2D eigenvalue weighted by Gasteiger charge is -2.08. The van der Waals surface area contributed by atoms with Gasteiger partial charge >= 0.3 is 0 Å². The Labute approximate surface area is 120 Å². The number of H-pyrrole nitrogens is 1. The maximum atomic E-state index is 13.1. The van der Waals surface area contributed by atoms with E-state index in [-0.39, 0.29) is 0 Å². The van der Waals surface area contributed by atoms with Crippen LogP contribution in [0.3, 0.4) is 0 Å². The SMILES string of the molecule is Fc1cc(F)cc(CNc2ccc(-c3ccn[nH]3)cc2)c1. The Morgan fingerprint density at radius 3 is 2.29 bits per heavy atom. The number of hydrogen-bond acceptors (Lipinski definition) is 2. The lowest BCUT2D eigenvalue weighted by atomic mass is 10.1. The highest BCUT2D eigenvalue weighted by Gasteiger charge is 2.02. The third-order valence-electron chi connectivity index (χ3n) is 3.12. The van der Waals surface area contributed by atoms with Gasteiger partial charge in [0.15, 0.2) is 0 Å². The Hall–Kier alpha value is -2.69. The Bertz CT molecular complexity index is 702. The zero-order chi connectivity index (χ0) is 14.7. The van der Waals surface area contributed by atoms with Crippen LogP contribution in [0, 0.1) is 11.6 Å². The molecule has 2 N–H and O–H groups in total. The van der Waals surface area contributed by atoms with Gasteiger partial charge in [0.1, 0.15) is 11.6 Å². The van der Waals surface area contributed by atoms with E-state index in [4.69, 9.17) is 0 Å². The molecule has 0 saturated carbocycles. The third kappa shape index (κ3) is 3.25. The van der Waals surface area contributed by atoms with Crippen molar-refractivity contribution in [1.82, 2.24) is 10.2 Å². The van der Waals surface area contributed by atoms with Gasteiger partial charge in [-0.25, -0.2) is 8.78 Å². The van der Waals surface area contributed by atoms with Gasteiger partial charge in [-0.15, -0.1) is 0 Å². The molecular weight excluding hydrogens is 272 g/mol. The van der Waals surface area contributed by atoms with E-state index in [1.807, 2.05) is 30.3 Å². The first-order valence-corrected chi connectivity index (χ1v) is 6.49. The largest absolute Gasteiger partial charge is 0.381 e. The van der Waals surface area contributed by atoms with Crippen LogP contribution in [0.5, 0.6) is 0 Å². The number of halogens is 2. The summed E-state index contributed by atoms with van der Waals surface area (Å²) in [5.74, 6) is -1.14. The summed E-state index contributed by atoms with van der Waals surface area (Å²) in [4.78, 5) is 0. The molecule has 1 aromatic heterocycles. The number of benzene rings is 2. The molecule has 3 nitrogen and oxygen atoms in total. The first-order chi connectivity index (χ1) is 10.2. The molecule has 2 aromatic carbocycles. The van der Waals surface area contributed by atoms with Gasteiger partial charge in [0.25, 0.3) is 0 Å². The molecule has 3 rings (SSSR count). The molecule has 0 aliphatic carbocycles. The van der Waals surface area contributed by atoms with Gasteiger partial charge in [-0.3, -0.25) is 5.10 Å². The van der Waals surface area contributed by atoms with E-state index in [1.54, 1.807) is 6.20 Å². The normalized spacial score (nSPS) is 10.6. The van der Waals surface area contributed by atoms with Crippen molar-refractivity contribution in [2.24, 2.45) is 0 Å². The number of hydrogen-bond donors (Lipinski definition) is 2. The summed E-state index contributed by atoms with van der Waals surface area (Å²) in [6.45, 7) is 0.359. The van der Waals surface area contributed by atoms with Crippen LogP contribution < -0.4 is 5.32 Å². The Morgan fingerprint density at radius 2 is 1.67 bits per heavy atom. The van der Waals surface area contributed by atoms with E-state index in [2.05, 4.69) is 15.5 Å². The molecule has 0 fully saturated rings. The van der Waals surface area contributed by atoms with Crippen LogP contribution in [-0.2, 0) is 6.54 Å². The zero-order valence-corrected chi connectivity index (χ0v) is 11.1. The average molecular weight is 285 g/mol. The van der Waals surface area contributed by atoms with Gasteiger partial charge < -0.3 is 5.32 Å². The van der Waals surface area contributed by atoms with Gasteiger partial charge in [0.05, 0.1) is 5.69 Å². The van der Waals surface area contributed by atoms with Crippen LogP contribution in [0.15, 0.2) is 54.7 Å². The number of nitrogens with zero attached hydrogens (tertiary/aromatic N) is 1. The summed E-state index contributed by atoms with van der Waals surface area (Å²) >= 11 is 0. The van der Waals surface area contributed by atoms with Crippen LogP contribution >= 0.6 is 0 Å². The molecular formula is C16H13F2N3. The Balaban J connectivity index is 1.68. The molecule has 1 heterocycles. The predicted octanol–water partition coefficient (Wildman–Crippen LogP) is 3.97. The predicted molar refractivity (Wildman–Crippen MR) is 77.7 cm³/mol. The molecule has 5 heteroatoms. The second-order valence-electron chi connectivity index (χ2n) is 4.68. The molecule has 0 atom stereocenters. The molecule has 0 bridgehead atoms. The molecule has 0 saturated heterocycles. The van der Waals surface area contributed by atoms with E-state index in [1.165, 1.54) is 12.1 Å². The molecule has 0 amide bonds. The highest BCUT2D eigenvalue weighted by Crippen LogP contribution is 2.19. The fraction of sp³-hybridized carbons (Fsp3) is 0.0625. The van der Waals surface area contributed by atoms with Crippen LogP contribution in [0.1, 0.15) is 5.56 Å². The van der Waals surface area contributed by atoms with Crippen LogP contribution in [-0.4, -0.2) is 10.2 Å². The Morgan fingerprint density at radius 1 is 0.952 bits per heavy atom. The standard InChI is InChI=1S/C16H13F2N3/c17-13-7-11(8-14(18)9-13)10-19-15-3-1-12(2-4-15)16-5-6-20-21-16/h1-9,19H,10H2,(H,20,21). The molecule has 0 aliphatic rings. The van der Waals surface area contributed by atoms with Crippen LogP contribution in [0.25, 0.3) is 11.3 Å². The van der Waals surface area contributed by atoms with Gasteiger partial charge in [-0.1, -0.05) is 12.1 Å². The highest BCUT2D eigenvalue weighted by molar-refractivity contribution is 5.62. The summed E-state index contributed by atoms with van der Waals surface area (Å²) in [5, 5.41) is 9.92. The molecule has 0 aliphatic heterocycles. The smallest absolute Gasteiger partial charge is 0.126 e. The summed E-state index contributed by atoms with van der Waals surface area (Å²) in [5.41, 5.74) is 3.40. The zero-order valence-electron chi connectivity index (χ0n) is 11.1. The number of rotatable bonds is 4. The second-order valence-corrected chi connectivity index (χ2v) is 4.68. The van der Waals surface area contributed by atoms with Gasteiger partial charge in [0, 0.05) is 24.5 Å². The van der Waals surface area contributed by atoms with Crippen molar-refractivity contribution in [1.29, 1.82) is 0 Å². The van der Waals surface area contributed by atoms with Crippen molar-refractivity contribution in [2.45, 2.75) is 6.54 Å². The van der Waals surface area contributed by atoms with Crippen molar-refractivity contribution < 1.29 is 8.78 Å². The summed E-state index contributed by atoms with van der Waals surface area (Å²) in [7, 11) is 0. The van der Waals surface area contributed by atoms with Crippen molar-refractivity contribution in [3.63, 3.8) is 0 Å². The monoisotopic (exact) mass is 285 g/mol. The van der Waals surface area contributed by atoms with E-state index >= 15 is 0 Å². The van der Waals surface area contributed by atoms with E-state index in [0.717, 1.165) is 23.0 Å². The number of nitrogens with one attached hydrogen (secondary N) is 2. The molecule has 106 valence electrons. The fourth-order valence-electron chi connectivity index (χ4n) is 2.10. The molecule has 21 heavy (non-hydrogen) atoms. The minimum atomic E-state index is -0.568. The van der Waals surface area contributed by atoms with Crippen LogP contribution in [0.2, 0.25) is 0 Å². The topological polar surface area (TPSA) is 40.7 Å². The van der Waals surface area contributed by atoms with Crippen molar-refractivity contribution >= 4 is 5.69 Å². The first kappa shape index (κ1) is 13.3. The number of aromatic amines is 1. The summed E-state index contributed by atoms with van der Waals surface area (Å²) < 4.78 is 26.2. The molecule has 3 aromatic rings. The average Bonchev–Trinajstić information content (AvgIpc) is 2.99. The minimum absolute atomic E-state index is 0.359. The summed E-state index contributed by atoms with van der Waals surface area (Å²) in [6.07, 6.45) is 1.69. The van der Waals surface area contributed by atoms with E-state index < -0.39 is 11.6 Å². The van der Waals surface area contributed by atoms with Crippen molar-refractivity contribution in [2.75, 3.05) is 5.32 Å². The number of aromatic nitrogens is 2. The lowest BCUT2D eigenvalue weighted by molar-refractivity contribution is 0.580. The van der Waals surface area contributed by atoms with Gasteiger partial charge in [0.2, 0.25) is 0 Å². The highest BCUT2D eigenvalue weighted by atomic mass is 19.1. The molecule has 0 spiro atoms. The van der Waals surface area contributed by atoms with Gasteiger partial charge in [-0.2, -0.15) is 5.10 Å². The quantitative estimate of drug-likeness (QED) is 0.761. The third-order valence-corrected chi connectivity index (χ3v) is 3.12. The maximum Gasteiger partial charge on any atom is 0.126 e.